The van der Waals surface area contributed by atoms with Gasteiger partial charge in [0.1, 0.15) is 5.75 Å². The second kappa shape index (κ2) is 11.0. The summed E-state index contributed by atoms with van der Waals surface area (Å²) in [6.45, 7) is 2.46. The SMILES string of the molecule is CN[C@H]1CCN(CC(c2cccc(OC(F)(F)F)c2)C2(O)CCCCC2)C1.Cl.Cl. The van der Waals surface area contributed by atoms with Crippen LogP contribution >= 0.6 is 24.8 Å². The van der Waals surface area contributed by atoms with Crippen molar-refractivity contribution in [1.29, 1.82) is 0 Å². The molecule has 1 aromatic carbocycles. The zero-order valence-corrected chi connectivity index (χ0v) is 18.2. The summed E-state index contributed by atoms with van der Waals surface area (Å²) in [4.78, 5) is 2.30. The number of ether oxygens (including phenoxy) is 1. The van der Waals surface area contributed by atoms with E-state index in [4.69, 9.17) is 0 Å². The highest BCUT2D eigenvalue weighted by molar-refractivity contribution is 5.85. The van der Waals surface area contributed by atoms with Crippen LogP contribution in [0, 0.1) is 0 Å². The fourth-order valence-electron chi connectivity index (χ4n) is 4.52. The fraction of sp³-hybridized carbons (Fsp3) is 0.700. The van der Waals surface area contributed by atoms with E-state index in [1.807, 2.05) is 13.1 Å². The quantitative estimate of drug-likeness (QED) is 0.658. The smallest absolute Gasteiger partial charge is 0.406 e. The van der Waals surface area contributed by atoms with Crippen LogP contribution in [0.4, 0.5) is 13.2 Å². The van der Waals surface area contributed by atoms with Crippen LogP contribution in [0.15, 0.2) is 24.3 Å². The molecule has 1 aromatic rings. The second-order valence-electron chi connectivity index (χ2n) is 7.87. The Labute approximate surface area is 183 Å². The Kier molecular flexibility index (Phi) is 10.0. The van der Waals surface area contributed by atoms with Crippen LogP contribution in [0.25, 0.3) is 0 Å². The Morgan fingerprint density at radius 2 is 1.93 bits per heavy atom. The lowest BCUT2D eigenvalue weighted by molar-refractivity contribution is -0.274. The molecule has 3 rings (SSSR count). The third-order valence-corrected chi connectivity index (χ3v) is 5.98. The Bertz CT molecular complexity index is 628. The zero-order valence-electron chi connectivity index (χ0n) is 16.6. The van der Waals surface area contributed by atoms with Crippen molar-refractivity contribution < 1.29 is 23.0 Å². The van der Waals surface area contributed by atoms with Crippen molar-refractivity contribution >= 4 is 24.8 Å². The average molecular weight is 459 g/mol. The monoisotopic (exact) mass is 458 g/mol. The molecule has 1 aliphatic carbocycles. The van der Waals surface area contributed by atoms with Gasteiger partial charge in [-0.1, -0.05) is 31.4 Å². The summed E-state index contributed by atoms with van der Waals surface area (Å²) in [5, 5.41) is 14.7. The number of hydrogen-bond donors (Lipinski definition) is 2. The molecule has 2 atom stereocenters. The van der Waals surface area contributed by atoms with Gasteiger partial charge in [0.2, 0.25) is 0 Å². The molecule has 2 aliphatic rings. The van der Waals surface area contributed by atoms with E-state index in [-0.39, 0.29) is 36.5 Å². The van der Waals surface area contributed by atoms with Crippen LogP contribution in [0.1, 0.15) is 50.0 Å². The second-order valence-corrected chi connectivity index (χ2v) is 7.87. The van der Waals surface area contributed by atoms with Gasteiger partial charge in [0.15, 0.2) is 0 Å². The van der Waals surface area contributed by atoms with Gasteiger partial charge in [0, 0.05) is 25.0 Å². The lowest BCUT2D eigenvalue weighted by Gasteiger charge is -2.41. The van der Waals surface area contributed by atoms with E-state index in [0.29, 0.717) is 31.0 Å². The minimum Gasteiger partial charge on any atom is -0.406 e. The van der Waals surface area contributed by atoms with Crippen molar-refractivity contribution in [2.45, 2.75) is 62.4 Å². The first-order valence-corrected chi connectivity index (χ1v) is 9.77. The van der Waals surface area contributed by atoms with Gasteiger partial charge >= 0.3 is 6.36 Å². The number of likely N-dealkylation sites (N-methyl/N-ethyl adjacent to an activating group) is 1. The molecule has 4 nitrogen and oxygen atoms in total. The highest BCUT2D eigenvalue weighted by atomic mass is 35.5. The summed E-state index contributed by atoms with van der Waals surface area (Å²) in [6, 6.07) is 6.57. The van der Waals surface area contributed by atoms with Gasteiger partial charge in [-0.15, -0.1) is 38.0 Å². The normalized spacial score (nSPS) is 23.0. The Morgan fingerprint density at radius 3 is 2.52 bits per heavy atom. The van der Waals surface area contributed by atoms with Gasteiger partial charge in [-0.2, -0.15) is 0 Å². The molecule has 168 valence electrons. The zero-order chi connectivity index (χ0) is 19.5. The van der Waals surface area contributed by atoms with Gasteiger partial charge in [0.05, 0.1) is 5.60 Å². The van der Waals surface area contributed by atoms with E-state index in [2.05, 4.69) is 15.0 Å². The van der Waals surface area contributed by atoms with Crippen molar-refractivity contribution in [3.8, 4) is 5.75 Å². The van der Waals surface area contributed by atoms with E-state index in [9.17, 15) is 18.3 Å². The van der Waals surface area contributed by atoms with E-state index in [1.165, 1.54) is 12.1 Å². The first-order chi connectivity index (χ1) is 12.8. The lowest BCUT2D eigenvalue weighted by Crippen LogP contribution is -2.44. The number of hydrogen-bond acceptors (Lipinski definition) is 4. The molecule has 2 fully saturated rings. The summed E-state index contributed by atoms with van der Waals surface area (Å²) in [7, 11) is 1.94. The third-order valence-electron chi connectivity index (χ3n) is 5.98. The summed E-state index contributed by atoms with van der Waals surface area (Å²) in [5.41, 5.74) is -0.165. The molecule has 1 unspecified atom stereocenters. The van der Waals surface area contributed by atoms with Crippen LogP contribution in [0.2, 0.25) is 0 Å². The van der Waals surface area contributed by atoms with Crippen molar-refractivity contribution in [3.05, 3.63) is 29.8 Å². The minimum absolute atomic E-state index is 0. The largest absolute Gasteiger partial charge is 0.573 e. The standard InChI is InChI=1S/C20H29F3N2O2.2ClH/c1-24-16-8-11-25(13-16)14-18(19(26)9-3-2-4-10-19)15-6-5-7-17(12-15)27-20(21,22)23;;/h5-7,12,16,18,24,26H,2-4,8-11,13-14H2,1H3;2*1H/t16-,18?;;/m0../s1. The predicted molar refractivity (Wildman–Crippen MR) is 112 cm³/mol. The number of rotatable bonds is 6. The van der Waals surface area contributed by atoms with Crippen LogP contribution in [-0.4, -0.2) is 54.7 Å². The lowest BCUT2D eigenvalue weighted by atomic mass is 9.72. The molecule has 29 heavy (non-hydrogen) atoms. The molecule has 0 amide bonds. The molecule has 2 N–H and O–H groups in total. The van der Waals surface area contributed by atoms with Gasteiger partial charge in [-0.3, -0.25) is 0 Å². The molecular weight excluding hydrogens is 428 g/mol. The molecule has 0 aromatic heterocycles. The van der Waals surface area contributed by atoms with Crippen LogP contribution in [0.3, 0.4) is 0 Å². The molecule has 0 bridgehead atoms. The first kappa shape index (κ1) is 26.3. The number of alkyl halides is 3. The first-order valence-electron chi connectivity index (χ1n) is 9.77. The Hall–Kier alpha value is -0.730. The van der Waals surface area contributed by atoms with E-state index in [0.717, 1.165) is 38.8 Å². The summed E-state index contributed by atoms with van der Waals surface area (Å²) in [5.74, 6) is -0.455. The highest BCUT2D eigenvalue weighted by Crippen LogP contribution is 2.41. The number of nitrogens with zero attached hydrogens (tertiary/aromatic N) is 1. The number of benzene rings is 1. The number of halogens is 5. The van der Waals surface area contributed by atoms with Crippen molar-refractivity contribution in [3.63, 3.8) is 0 Å². The van der Waals surface area contributed by atoms with Crippen molar-refractivity contribution in [2.24, 2.45) is 0 Å². The number of aliphatic hydroxyl groups is 1. The Balaban J connectivity index is 0.00000210. The molecule has 1 saturated carbocycles. The fourth-order valence-corrected chi connectivity index (χ4v) is 4.52. The number of nitrogens with one attached hydrogen (secondary N) is 1. The molecular formula is C20H31Cl2F3N2O2. The van der Waals surface area contributed by atoms with Gasteiger partial charge in [-0.25, -0.2) is 0 Å². The van der Waals surface area contributed by atoms with Gasteiger partial charge in [-0.05, 0) is 50.6 Å². The maximum atomic E-state index is 12.6. The van der Waals surface area contributed by atoms with Gasteiger partial charge < -0.3 is 20.1 Å². The maximum absolute atomic E-state index is 12.6. The van der Waals surface area contributed by atoms with Crippen LogP contribution < -0.4 is 10.1 Å². The summed E-state index contributed by atoms with van der Waals surface area (Å²) >= 11 is 0. The average Bonchev–Trinajstić information content (AvgIpc) is 3.07. The van der Waals surface area contributed by atoms with Crippen LogP contribution in [-0.2, 0) is 0 Å². The van der Waals surface area contributed by atoms with E-state index in [1.54, 1.807) is 6.07 Å². The van der Waals surface area contributed by atoms with Crippen LogP contribution in [0.5, 0.6) is 5.75 Å². The molecule has 1 aliphatic heterocycles. The molecule has 1 saturated heterocycles. The Morgan fingerprint density at radius 1 is 1.24 bits per heavy atom. The number of likely N-dealkylation sites (tertiary alicyclic amines) is 1. The van der Waals surface area contributed by atoms with E-state index < -0.39 is 12.0 Å². The summed E-state index contributed by atoms with van der Waals surface area (Å²) in [6.07, 6.45) is 0.688. The van der Waals surface area contributed by atoms with Crippen molar-refractivity contribution in [2.75, 3.05) is 26.7 Å². The predicted octanol–water partition coefficient (Wildman–Crippen LogP) is 4.50. The third kappa shape index (κ3) is 7.17. The molecule has 0 spiro atoms. The highest BCUT2D eigenvalue weighted by Gasteiger charge is 2.41. The molecule has 1 heterocycles. The van der Waals surface area contributed by atoms with E-state index >= 15 is 0 Å². The van der Waals surface area contributed by atoms with Crippen molar-refractivity contribution in [1.82, 2.24) is 10.2 Å². The topological polar surface area (TPSA) is 44.7 Å². The van der Waals surface area contributed by atoms with Gasteiger partial charge in [0.25, 0.3) is 0 Å². The summed E-state index contributed by atoms with van der Waals surface area (Å²) < 4.78 is 42.0. The minimum atomic E-state index is -4.72. The molecule has 0 radical (unpaired) electrons. The maximum Gasteiger partial charge on any atom is 0.573 e. The molecule has 9 heteroatoms.